The summed E-state index contributed by atoms with van der Waals surface area (Å²) >= 11 is 0. The first kappa shape index (κ1) is 5.83. The Labute approximate surface area is 51.2 Å². The summed E-state index contributed by atoms with van der Waals surface area (Å²) in [4.78, 5) is 0. The summed E-state index contributed by atoms with van der Waals surface area (Å²) in [6, 6.07) is 0. The SMILES string of the molecule is C[N+]1(C)CC=CCC1. The number of hydrogen-bond acceptors (Lipinski definition) is 0. The molecule has 0 unspecified atom stereocenters. The third kappa shape index (κ3) is 1.34. The Bertz CT molecular complexity index is 103. The van der Waals surface area contributed by atoms with Gasteiger partial charge in [0.2, 0.25) is 0 Å². The fraction of sp³-hybridized carbons (Fsp3) is 0.714. The van der Waals surface area contributed by atoms with Crippen molar-refractivity contribution >= 4 is 0 Å². The van der Waals surface area contributed by atoms with Gasteiger partial charge in [-0.15, -0.1) is 0 Å². The van der Waals surface area contributed by atoms with Gasteiger partial charge in [0.25, 0.3) is 0 Å². The Morgan fingerprint density at radius 2 is 2.00 bits per heavy atom. The zero-order valence-electron chi connectivity index (χ0n) is 5.72. The quantitative estimate of drug-likeness (QED) is 0.324. The van der Waals surface area contributed by atoms with Crippen LogP contribution in [0.2, 0.25) is 0 Å². The molecular formula is C7H14N+. The van der Waals surface area contributed by atoms with Gasteiger partial charge in [-0.05, 0) is 6.08 Å². The largest absolute Gasteiger partial charge is 0.325 e. The third-order valence-corrected chi connectivity index (χ3v) is 1.67. The highest BCUT2D eigenvalue weighted by atomic mass is 15.3. The second-order valence-electron chi connectivity index (χ2n) is 3.10. The van der Waals surface area contributed by atoms with E-state index in [1.807, 2.05) is 0 Å². The molecule has 0 N–H and O–H groups in total. The fourth-order valence-corrected chi connectivity index (χ4v) is 0.993. The normalized spacial score (nSPS) is 25.8. The van der Waals surface area contributed by atoms with Crippen LogP contribution in [0.25, 0.3) is 0 Å². The summed E-state index contributed by atoms with van der Waals surface area (Å²) in [7, 11) is 4.53. The molecule has 0 aromatic rings. The molecule has 0 aromatic carbocycles. The summed E-state index contributed by atoms with van der Waals surface area (Å²) in [6.07, 6.45) is 5.79. The van der Waals surface area contributed by atoms with Crippen molar-refractivity contribution in [2.45, 2.75) is 6.42 Å². The van der Waals surface area contributed by atoms with E-state index in [-0.39, 0.29) is 0 Å². The standard InChI is InChI=1S/C7H14N/c1-8(2)6-4-3-5-7-8/h3-4H,5-7H2,1-2H3/q+1. The predicted molar refractivity (Wildman–Crippen MR) is 35.6 cm³/mol. The van der Waals surface area contributed by atoms with Gasteiger partial charge in [0.1, 0.15) is 0 Å². The predicted octanol–water partition coefficient (Wildman–Crippen LogP) is 1.02. The number of rotatable bonds is 0. The Kier molecular flexibility index (Phi) is 1.39. The van der Waals surface area contributed by atoms with Crippen LogP contribution in [0, 0.1) is 0 Å². The fourth-order valence-electron chi connectivity index (χ4n) is 0.993. The highest BCUT2D eigenvalue weighted by molar-refractivity contribution is 4.84. The van der Waals surface area contributed by atoms with E-state index in [1.165, 1.54) is 19.5 Å². The van der Waals surface area contributed by atoms with Crippen LogP contribution >= 0.6 is 0 Å². The molecular weight excluding hydrogens is 98.1 g/mol. The van der Waals surface area contributed by atoms with Gasteiger partial charge in [-0.2, -0.15) is 0 Å². The van der Waals surface area contributed by atoms with Crippen molar-refractivity contribution < 1.29 is 4.48 Å². The minimum Gasteiger partial charge on any atom is -0.325 e. The van der Waals surface area contributed by atoms with Crippen LogP contribution in [0.1, 0.15) is 6.42 Å². The van der Waals surface area contributed by atoms with Crippen LogP contribution in [0.3, 0.4) is 0 Å². The summed E-state index contributed by atoms with van der Waals surface area (Å²) < 4.78 is 1.16. The second kappa shape index (κ2) is 1.90. The monoisotopic (exact) mass is 112 g/mol. The van der Waals surface area contributed by atoms with E-state index >= 15 is 0 Å². The minimum atomic E-state index is 1.16. The maximum absolute atomic E-state index is 2.27. The van der Waals surface area contributed by atoms with Crippen LogP contribution in [-0.4, -0.2) is 31.7 Å². The van der Waals surface area contributed by atoms with E-state index in [9.17, 15) is 0 Å². The van der Waals surface area contributed by atoms with E-state index in [0.29, 0.717) is 0 Å². The van der Waals surface area contributed by atoms with Crippen LogP contribution in [-0.2, 0) is 0 Å². The van der Waals surface area contributed by atoms with Gasteiger partial charge >= 0.3 is 0 Å². The van der Waals surface area contributed by atoms with Crippen LogP contribution in [0.15, 0.2) is 12.2 Å². The van der Waals surface area contributed by atoms with Crippen LogP contribution in [0.4, 0.5) is 0 Å². The molecule has 0 amide bonds. The van der Waals surface area contributed by atoms with Gasteiger partial charge < -0.3 is 4.48 Å². The van der Waals surface area contributed by atoms with E-state index in [4.69, 9.17) is 0 Å². The molecule has 1 heteroatoms. The minimum absolute atomic E-state index is 1.16. The Morgan fingerprint density at radius 3 is 2.25 bits per heavy atom. The lowest BCUT2D eigenvalue weighted by molar-refractivity contribution is -0.885. The van der Waals surface area contributed by atoms with Crippen molar-refractivity contribution in [1.82, 2.24) is 0 Å². The first-order valence-corrected chi connectivity index (χ1v) is 3.18. The van der Waals surface area contributed by atoms with Gasteiger partial charge in [0.05, 0.1) is 27.2 Å². The molecule has 1 nitrogen and oxygen atoms in total. The molecule has 0 fully saturated rings. The maximum atomic E-state index is 2.27. The Hall–Kier alpha value is -0.300. The summed E-state index contributed by atoms with van der Waals surface area (Å²) in [5.74, 6) is 0. The van der Waals surface area contributed by atoms with Crippen molar-refractivity contribution in [2.24, 2.45) is 0 Å². The van der Waals surface area contributed by atoms with Crippen molar-refractivity contribution in [2.75, 3.05) is 27.2 Å². The smallest absolute Gasteiger partial charge is 0.0969 e. The van der Waals surface area contributed by atoms with Gasteiger partial charge in [0, 0.05) is 6.42 Å². The lowest BCUT2D eigenvalue weighted by Crippen LogP contribution is -2.41. The number of quaternary nitrogens is 1. The van der Waals surface area contributed by atoms with Gasteiger partial charge in [-0.1, -0.05) is 6.08 Å². The summed E-state index contributed by atoms with van der Waals surface area (Å²) in [5.41, 5.74) is 0. The van der Waals surface area contributed by atoms with Crippen molar-refractivity contribution in [1.29, 1.82) is 0 Å². The Balaban J connectivity index is 2.50. The number of nitrogens with zero attached hydrogens (tertiary/aromatic N) is 1. The van der Waals surface area contributed by atoms with Gasteiger partial charge in [-0.3, -0.25) is 0 Å². The molecule has 0 atom stereocenters. The van der Waals surface area contributed by atoms with Crippen molar-refractivity contribution in [3.63, 3.8) is 0 Å². The molecule has 0 bridgehead atoms. The lowest BCUT2D eigenvalue weighted by atomic mass is 10.2. The van der Waals surface area contributed by atoms with E-state index in [2.05, 4.69) is 26.2 Å². The average Bonchev–Trinajstić information content (AvgIpc) is 1.65. The van der Waals surface area contributed by atoms with E-state index < -0.39 is 0 Å². The number of likely N-dealkylation sites (N-methyl/N-ethyl adjacent to an activating group) is 1. The molecule has 1 rings (SSSR count). The van der Waals surface area contributed by atoms with Crippen LogP contribution < -0.4 is 0 Å². The molecule has 0 saturated carbocycles. The molecule has 0 saturated heterocycles. The molecule has 0 aliphatic carbocycles. The highest BCUT2D eigenvalue weighted by Crippen LogP contribution is 2.05. The zero-order valence-corrected chi connectivity index (χ0v) is 5.72. The molecule has 0 spiro atoms. The van der Waals surface area contributed by atoms with Crippen LogP contribution in [0.5, 0.6) is 0 Å². The molecule has 1 aliphatic rings. The number of hydrogen-bond donors (Lipinski definition) is 0. The van der Waals surface area contributed by atoms with Crippen molar-refractivity contribution in [3.8, 4) is 0 Å². The molecule has 1 aliphatic heterocycles. The highest BCUT2D eigenvalue weighted by Gasteiger charge is 2.13. The first-order valence-electron chi connectivity index (χ1n) is 3.18. The maximum Gasteiger partial charge on any atom is 0.0969 e. The zero-order chi connectivity index (χ0) is 6.04. The third-order valence-electron chi connectivity index (χ3n) is 1.67. The van der Waals surface area contributed by atoms with Gasteiger partial charge in [-0.25, -0.2) is 0 Å². The molecule has 8 heavy (non-hydrogen) atoms. The van der Waals surface area contributed by atoms with Gasteiger partial charge in [0.15, 0.2) is 0 Å². The Morgan fingerprint density at radius 1 is 1.25 bits per heavy atom. The van der Waals surface area contributed by atoms with Crippen molar-refractivity contribution in [3.05, 3.63) is 12.2 Å². The molecule has 0 aromatic heterocycles. The lowest BCUT2D eigenvalue weighted by Gasteiger charge is -2.30. The molecule has 0 radical (unpaired) electrons. The first-order chi connectivity index (χ1) is 3.71. The molecule has 1 heterocycles. The topological polar surface area (TPSA) is 0 Å². The van der Waals surface area contributed by atoms with E-state index in [0.717, 1.165) is 4.48 Å². The average molecular weight is 112 g/mol. The second-order valence-corrected chi connectivity index (χ2v) is 3.10. The summed E-state index contributed by atoms with van der Waals surface area (Å²) in [5, 5.41) is 0. The molecule has 46 valence electrons. The summed E-state index contributed by atoms with van der Waals surface area (Å²) in [6.45, 7) is 2.51. The van der Waals surface area contributed by atoms with E-state index in [1.54, 1.807) is 0 Å².